The quantitative estimate of drug-likeness (QED) is 0.163. The summed E-state index contributed by atoms with van der Waals surface area (Å²) in [6.45, 7) is 35.3. The van der Waals surface area contributed by atoms with Gasteiger partial charge >= 0.3 is 0 Å². The van der Waals surface area contributed by atoms with Crippen LogP contribution < -0.4 is 26.2 Å². The van der Waals surface area contributed by atoms with Crippen LogP contribution in [0.3, 0.4) is 0 Å². The van der Waals surface area contributed by atoms with E-state index in [1.54, 1.807) is 0 Å². The van der Waals surface area contributed by atoms with Crippen molar-refractivity contribution < 1.29 is 0 Å². The van der Waals surface area contributed by atoms with Crippen molar-refractivity contribution in [3.05, 3.63) is 148 Å². The molecule has 0 bridgehead atoms. The molecule has 5 heteroatoms. The molecule has 324 valence electrons. The van der Waals surface area contributed by atoms with E-state index < -0.39 is 0 Å². The van der Waals surface area contributed by atoms with Crippen molar-refractivity contribution in [1.29, 1.82) is 0 Å². The van der Waals surface area contributed by atoms with Crippen LogP contribution in [0.4, 0.5) is 33.4 Å². The molecule has 2 aromatic heterocycles. The highest BCUT2D eigenvalue weighted by molar-refractivity contribution is 7.26. The van der Waals surface area contributed by atoms with Gasteiger partial charge in [-0.25, -0.2) is 0 Å². The predicted molar refractivity (Wildman–Crippen MR) is 286 cm³/mol. The molecular formula is C59H63BN2S2. The molecule has 4 heterocycles. The van der Waals surface area contributed by atoms with Crippen molar-refractivity contribution in [2.75, 3.05) is 9.80 Å². The molecule has 2 aliphatic heterocycles. The Morgan fingerprint density at radius 3 is 1.67 bits per heavy atom. The van der Waals surface area contributed by atoms with E-state index in [9.17, 15) is 0 Å². The van der Waals surface area contributed by atoms with Crippen LogP contribution in [0.1, 0.15) is 127 Å². The molecule has 2 aliphatic rings. The summed E-state index contributed by atoms with van der Waals surface area (Å²) in [6.07, 6.45) is 0. The number of benzene rings is 6. The van der Waals surface area contributed by atoms with Gasteiger partial charge in [0.25, 0.3) is 6.71 Å². The van der Waals surface area contributed by atoms with E-state index in [0.29, 0.717) is 5.92 Å². The molecule has 0 N–H and O–H groups in total. The average molecular weight is 875 g/mol. The van der Waals surface area contributed by atoms with Crippen LogP contribution in [0, 0.1) is 27.7 Å². The average Bonchev–Trinajstić information content (AvgIpc) is 3.82. The van der Waals surface area contributed by atoms with E-state index in [1.165, 1.54) is 125 Å². The third kappa shape index (κ3) is 6.78. The van der Waals surface area contributed by atoms with Crippen molar-refractivity contribution >= 4 is 99.4 Å². The van der Waals surface area contributed by atoms with Crippen LogP contribution in [0.2, 0.25) is 0 Å². The van der Waals surface area contributed by atoms with Crippen molar-refractivity contribution in [2.24, 2.45) is 0 Å². The lowest BCUT2D eigenvalue weighted by atomic mass is 9.33. The SMILES string of the molecule is Cc1cc(-c2cc3ccccc3s2)cc(C)c1N1c2ccc(C(C)(C)C)cc2B2c3c1cc(C(C)C)cc3N(c1c(C)cc(C(C)(C)C)cc1C)c1sc3ccc(C(C)(C)C)cc3c12. The normalized spacial score (nSPS) is 13.9. The van der Waals surface area contributed by atoms with Gasteiger partial charge in [0.15, 0.2) is 0 Å². The van der Waals surface area contributed by atoms with E-state index >= 15 is 0 Å². The highest BCUT2D eigenvalue weighted by Gasteiger charge is 2.47. The zero-order valence-electron chi connectivity index (χ0n) is 40.7. The lowest BCUT2D eigenvalue weighted by Crippen LogP contribution is -2.61. The van der Waals surface area contributed by atoms with Gasteiger partial charge in [0.1, 0.15) is 0 Å². The molecule has 8 aromatic rings. The molecule has 6 aromatic carbocycles. The Balaban J connectivity index is 1.33. The van der Waals surface area contributed by atoms with Crippen LogP contribution in [0.25, 0.3) is 30.6 Å². The molecule has 64 heavy (non-hydrogen) atoms. The standard InChI is InChI=1S/C59H63BN2S2/c1-33(2)39-28-47-53-48(29-39)62(55-36(5)26-43(27-37(55)6)59(13,14)15)56-52(44-31-41(57(7,8)9)21-23-50(44)64-56)60(53)45-32-42(58(10,11)12)20-22-46(45)61(47)54-34(3)24-40(25-35(54)4)51-30-38-18-16-17-19-49(38)63-51/h16-33H,1-15H3. The molecule has 0 amide bonds. The second-order valence-electron chi connectivity index (χ2n) is 22.4. The summed E-state index contributed by atoms with van der Waals surface area (Å²) in [5, 5.41) is 4.04. The van der Waals surface area contributed by atoms with Gasteiger partial charge in [0.2, 0.25) is 0 Å². The maximum atomic E-state index is 2.70. The summed E-state index contributed by atoms with van der Waals surface area (Å²) in [5.41, 5.74) is 22.7. The number of hydrogen-bond donors (Lipinski definition) is 0. The van der Waals surface area contributed by atoms with E-state index in [2.05, 4.69) is 217 Å². The van der Waals surface area contributed by atoms with Crippen LogP contribution in [0.5, 0.6) is 0 Å². The summed E-state index contributed by atoms with van der Waals surface area (Å²) in [5.74, 6) is 0.328. The summed E-state index contributed by atoms with van der Waals surface area (Å²) in [4.78, 5) is 6.69. The van der Waals surface area contributed by atoms with Crippen LogP contribution >= 0.6 is 22.7 Å². The molecule has 10 rings (SSSR count). The summed E-state index contributed by atoms with van der Waals surface area (Å²) >= 11 is 3.87. The van der Waals surface area contributed by atoms with Crippen molar-refractivity contribution in [2.45, 2.75) is 126 Å². The minimum Gasteiger partial charge on any atom is -0.311 e. The van der Waals surface area contributed by atoms with Gasteiger partial charge < -0.3 is 9.80 Å². The van der Waals surface area contributed by atoms with E-state index in [1.807, 2.05) is 22.7 Å². The largest absolute Gasteiger partial charge is 0.311 e. The fourth-order valence-electron chi connectivity index (χ4n) is 10.6. The van der Waals surface area contributed by atoms with E-state index in [-0.39, 0.29) is 23.0 Å². The first-order valence-corrected chi connectivity index (χ1v) is 24.9. The highest BCUT2D eigenvalue weighted by atomic mass is 32.1. The van der Waals surface area contributed by atoms with Crippen LogP contribution in [0.15, 0.2) is 103 Å². The number of aryl methyl sites for hydroxylation is 4. The first-order chi connectivity index (χ1) is 30.1. The van der Waals surface area contributed by atoms with E-state index in [0.717, 1.165) is 0 Å². The fraction of sp³-hybridized carbons (Fsp3) is 0.322. The topological polar surface area (TPSA) is 6.48 Å². The van der Waals surface area contributed by atoms with Gasteiger partial charge in [-0.15, -0.1) is 22.7 Å². The number of nitrogens with zero attached hydrogens (tertiary/aromatic N) is 2. The van der Waals surface area contributed by atoms with Crippen LogP contribution in [-0.2, 0) is 16.2 Å². The molecule has 0 saturated carbocycles. The summed E-state index contributed by atoms with van der Waals surface area (Å²) in [7, 11) is 0. The smallest absolute Gasteiger partial charge is 0.254 e. The Morgan fingerprint density at radius 1 is 0.500 bits per heavy atom. The minimum atomic E-state index is -0.0229. The van der Waals surface area contributed by atoms with Crippen molar-refractivity contribution in [3.63, 3.8) is 0 Å². The number of rotatable bonds is 4. The molecule has 0 saturated heterocycles. The first kappa shape index (κ1) is 42.8. The zero-order valence-corrected chi connectivity index (χ0v) is 42.3. The van der Waals surface area contributed by atoms with Gasteiger partial charge in [-0.2, -0.15) is 0 Å². The molecule has 0 atom stereocenters. The van der Waals surface area contributed by atoms with Gasteiger partial charge in [-0.05, 0) is 176 Å². The van der Waals surface area contributed by atoms with E-state index in [4.69, 9.17) is 0 Å². The predicted octanol–water partition coefficient (Wildman–Crippen LogP) is 16.1. The number of thiophene rings is 2. The number of anilines is 6. The molecule has 0 spiro atoms. The number of fused-ring (bicyclic) bond motifs is 7. The lowest BCUT2D eigenvalue weighted by Gasteiger charge is -2.45. The summed E-state index contributed by atoms with van der Waals surface area (Å²) in [6, 6.07) is 40.8. The molecule has 0 unspecified atom stereocenters. The second kappa shape index (κ2) is 14.7. The van der Waals surface area contributed by atoms with Gasteiger partial charge in [-0.1, -0.05) is 131 Å². The molecule has 0 aliphatic carbocycles. The first-order valence-electron chi connectivity index (χ1n) is 23.3. The Bertz CT molecular complexity index is 3130. The van der Waals surface area contributed by atoms with Crippen molar-refractivity contribution in [3.8, 4) is 10.4 Å². The lowest BCUT2D eigenvalue weighted by molar-refractivity contribution is 0.589. The van der Waals surface area contributed by atoms with Gasteiger partial charge in [0, 0.05) is 31.3 Å². The van der Waals surface area contributed by atoms with Gasteiger partial charge in [0.05, 0.1) is 16.4 Å². The Kier molecular flexibility index (Phi) is 9.84. The van der Waals surface area contributed by atoms with Crippen LogP contribution in [-0.4, -0.2) is 6.71 Å². The maximum Gasteiger partial charge on any atom is 0.254 e. The van der Waals surface area contributed by atoms with Crippen molar-refractivity contribution in [1.82, 2.24) is 0 Å². The zero-order chi connectivity index (χ0) is 45.5. The second-order valence-corrected chi connectivity index (χ2v) is 24.5. The molecular weight excluding hydrogens is 812 g/mol. The Labute approximate surface area is 391 Å². The molecule has 0 radical (unpaired) electrons. The molecule has 2 nitrogen and oxygen atoms in total. The fourth-order valence-corrected chi connectivity index (χ4v) is 12.9. The minimum absolute atomic E-state index is 0.0142. The highest BCUT2D eigenvalue weighted by Crippen LogP contribution is 2.52. The summed E-state index contributed by atoms with van der Waals surface area (Å²) < 4.78 is 2.68. The third-order valence-corrected chi connectivity index (χ3v) is 16.4. The number of hydrogen-bond acceptors (Lipinski definition) is 4. The van der Waals surface area contributed by atoms with Gasteiger partial charge in [-0.3, -0.25) is 0 Å². The Morgan fingerprint density at radius 2 is 1.06 bits per heavy atom. The maximum absolute atomic E-state index is 2.70. The third-order valence-electron chi connectivity index (χ3n) is 14.1. The monoisotopic (exact) mass is 874 g/mol. The molecule has 0 fully saturated rings. The Hall–Kier alpha value is -5.10.